The standard InChI is InChI=1S/C15H23NO/c1-15(2,17-3)14-7-5-4-6-13(14)12-8-10-16-11-9-12/h4-7,12,16H,8-11H2,1-3H3. The number of ether oxygens (including phenoxy) is 1. The summed E-state index contributed by atoms with van der Waals surface area (Å²) in [5.74, 6) is 0.682. The van der Waals surface area contributed by atoms with Crippen molar-refractivity contribution < 1.29 is 4.74 Å². The predicted octanol–water partition coefficient (Wildman–Crippen LogP) is 3.04. The number of benzene rings is 1. The van der Waals surface area contributed by atoms with E-state index in [1.807, 2.05) is 0 Å². The van der Waals surface area contributed by atoms with Gasteiger partial charge in [0.25, 0.3) is 0 Å². The number of rotatable bonds is 3. The van der Waals surface area contributed by atoms with Crippen molar-refractivity contribution in [3.8, 4) is 0 Å². The summed E-state index contributed by atoms with van der Waals surface area (Å²) >= 11 is 0. The minimum atomic E-state index is -0.193. The quantitative estimate of drug-likeness (QED) is 0.866. The third-order valence-corrected chi connectivity index (χ3v) is 3.90. The maximum Gasteiger partial charge on any atom is 0.0874 e. The van der Waals surface area contributed by atoms with Gasteiger partial charge in [0.05, 0.1) is 5.60 Å². The second kappa shape index (κ2) is 5.19. The summed E-state index contributed by atoms with van der Waals surface area (Å²) < 4.78 is 5.64. The lowest BCUT2D eigenvalue weighted by molar-refractivity contribution is 0.0180. The van der Waals surface area contributed by atoms with Gasteiger partial charge in [-0.2, -0.15) is 0 Å². The third-order valence-electron chi connectivity index (χ3n) is 3.90. The lowest BCUT2D eigenvalue weighted by Crippen LogP contribution is -2.29. The number of nitrogens with one attached hydrogen (secondary N) is 1. The Hall–Kier alpha value is -0.860. The average molecular weight is 233 g/mol. The highest BCUT2D eigenvalue weighted by Crippen LogP contribution is 2.34. The van der Waals surface area contributed by atoms with E-state index >= 15 is 0 Å². The molecule has 0 unspecified atom stereocenters. The fourth-order valence-electron chi connectivity index (χ4n) is 2.64. The Bertz CT molecular complexity index is 367. The number of hydrogen-bond donors (Lipinski definition) is 1. The van der Waals surface area contributed by atoms with E-state index in [-0.39, 0.29) is 5.60 Å². The molecular weight excluding hydrogens is 210 g/mol. The summed E-state index contributed by atoms with van der Waals surface area (Å²) in [6.07, 6.45) is 2.47. The van der Waals surface area contributed by atoms with Crippen LogP contribution >= 0.6 is 0 Å². The highest BCUT2D eigenvalue weighted by Gasteiger charge is 2.26. The van der Waals surface area contributed by atoms with Gasteiger partial charge in [-0.3, -0.25) is 0 Å². The molecular formula is C15H23NO. The molecule has 1 saturated heterocycles. The molecule has 2 nitrogen and oxygen atoms in total. The highest BCUT2D eigenvalue weighted by molar-refractivity contribution is 5.35. The monoisotopic (exact) mass is 233 g/mol. The molecule has 0 bridgehead atoms. The molecule has 1 heterocycles. The molecule has 17 heavy (non-hydrogen) atoms. The van der Waals surface area contributed by atoms with Gasteiger partial charge in [-0.25, -0.2) is 0 Å². The van der Waals surface area contributed by atoms with E-state index in [0.29, 0.717) is 5.92 Å². The van der Waals surface area contributed by atoms with Crippen LogP contribution in [0.1, 0.15) is 43.7 Å². The van der Waals surface area contributed by atoms with Crippen LogP contribution < -0.4 is 5.32 Å². The van der Waals surface area contributed by atoms with Gasteiger partial charge in [0.1, 0.15) is 0 Å². The van der Waals surface area contributed by atoms with Crippen molar-refractivity contribution >= 4 is 0 Å². The van der Waals surface area contributed by atoms with Gasteiger partial charge in [-0.05, 0) is 56.8 Å². The van der Waals surface area contributed by atoms with Gasteiger partial charge in [0.2, 0.25) is 0 Å². The Balaban J connectivity index is 2.33. The Morgan fingerprint density at radius 2 is 1.82 bits per heavy atom. The van der Waals surface area contributed by atoms with Crippen LogP contribution in [-0.4, -0.2) is 20.2 Å². The maximum absolute atomic E-state index is 5.64. The number of hydrogen-bond acceptors (Lipinski definition) is 2. The smallest absolute Gasteiger partial charge is 0.0874 e. The molecule has 2 heteroatoms. The first-order valence-corrected chi connectivity index (χ1v) is 6.50. The van der Waals surface area contributed by atoms with Gasteiger partial charge < -0.3 is 10.1 Å². The Morgan fingerprint density at radius 1 is 1.18 bits per heavy atom. The molecule has 0 spiro atoms. The molecule has 0 atom stereocenters. The normalized spacial score (nSPS) is 18.3. The zero-order valence-corrected chi connectivity index (χ0v) is 11.1. The number of methoxy groups -OCH3 is 1. The van der Waals surface area contributed by atoms with Crippen molar-refractivity contribution in [1.29, 1.82) is 0 Å². The lowest BCUT2D eigenvalue weighted by atomic mass is 9.82. The molecule has 0 saturated carbocycles. The van der Waals surface area contributed by atoms with E-state index in [1.54, 1.807) is 7.11 Å². The van der Waals surface area contributed by atoms with E-state index in [0.717, 1.165) is 13.1 Å². The van der Waals surface area contributed by atoms with Crippen molar-refractivity contribution in [2.24, 2.45) is 0 Å². The van der Waals surface area contributed by atoms with Gasteiger partial charge in [0.15, 0.2) is 0 Å². The van der Waals surface area contributed by atoms with Crippen molar-refractivity contribution in [1.82, 2.24) is 5.32 Å². The minimum Gasteiger partial charge on any atom is -0.374 e. The lowest BCUT2D eigenvalue weighted by Gasteiger charge is -2.31. The highest BCUT2D eigenvalue weighted by atomic mass is 16.5. The van der Waals surface area contributed by atoms with E-state index < -0.39 is 0 Å². The predicted molar refractivity (Wildman–Crippen MR) is 71.3 cm³/mol. The van der Waals surface area contributed by atoms with Gasteiger partial charge >= 0.3 is 0 Å². The molecule has 1 aromatic carbocycles. The van der Waals surface area contributed by atoms with Crippen LogP contribution in [0.2, 0.25) is 0 Å². The van der Waals surface area contributed by atoms with E-state index in [4.69, 9.17) is 4.74 Å². The number of piperidine rings is 1. The first-order chi connectivity index (χ1) is 8.15. The first-order valence-electron chi connectivity index (χ1n) is 6.50. The van der Waals surface area contributed by atoms with Crippen LogP contribution in [0.5, 0.6) is 0 Å². The summed E-state index contributed by atoms with van der Waals surface area (Å²) in [6, 6.07) is 8.74. The topological polar surface area (TPSA) is 21.3 Å². The van der Waals surface area contributed by atoms with Crippen LogP contribution in [0.25, 0.3) is 0 Å². The van der Waals surface area contributed by atoms with Crippen LogP contribution in [0.15, 0.2) is 24.3 Å². The van der Waals surface area contributed by atoms with Gasteiger partial charge in [-0.15, -0.1) is 0 Å². The van der Waals surface area contributed by atoms with Crippen LogP contribution in [0.3, 0.4) is 0 Å². The first kappa shape index (κ1) is 12.6. The molecule has 0 radical (unpaired) electrons. The molecule has 1 aliphatic rings. The van der Waals surface area contributed by atoms with Crippen LogP contribution in [0.4, 0.5) is 0 Å². The second-order valence-electron chi connectivity index (χ2n) is 5.33. The van der Waals surface area contributed by atoms with E-state index in [1.165, 1.54) is 24.0 Å². The molecule has 0 amide bonds. The van der Waals surface area contributed by atoms with Crippen molar-refractivity contribution in [3.63, 3.8) is 0 Å². The zero-order valence-electron chi connectivity index (χ0n) is 11.1. The summed E-state index contributed by atoms with van der Waals surface area (Å²) in [7, 11) is 1.79. The molecule has 1 N–H and O–H groups in total. The average Bonchev–Trinajstić information content (AvgIpc) is 2.40. The van der Waals surface area contributed by atoms with E-state index in [9.17, 15) is 0 Å². The zero-order chi connectivity index (χ0) is 12.3. The molecule has 0 aliphatic carbocycles. The van der Waals surface area contributed by atoms with Crippen LogP contribution in [-0.2, 0) is 10.3 Å². The van der Waals surface area contributed by atoms with Crippen LogP contribution in [0, 0.1) is 0 Å². The summed E-state index contributed by atoms with van der Waals surface area (Å²) in [6.45, 7) is 6.55. The van der Waals surface area contributed by atoms with E-state index in [2.05, 4.69) is 43.4 Å². The third kappa shape index (κ3) is 2.70. The minimum absolute atomic E-state index is 0.193. The van der Waals surface area contributed by atoms with Crippen molar-refractivity contribution in [2.45, 2.75) is 38.2 Å². The van der Waals surface area contributed by atoms with Gasteiger partial charge in [0, 0.05) is 7.11 Å². The molecule has 2 rings (SSSR count). The summed E-state index contributed by atoms with van der Waals surface area (Å²) in [5.41, 5.74) is 2.62. The molecule has 1 aliphatic heterocycles. The molecule has 1 aromatic rings. The second-order valence-corrected chi connectivity index (χ2v) is 5.33. The Morgan fingerprint density at radius 3 is 2.47 bits per heavy atom. The summed E-state index contributed by atoms with van der Waals surface area (Å²) in [5, 5.41) is 3.43. The Labute approximate surface area is 104 Å². The van der Waals surface area contributed by atoms with Crippen molar-refractivity contribution in [2.75, 3.05) is 20.2 Å². The van der Waals surface area contributed by atoms with Crippen molar-refractivity contribution in [3.05, 3.63) is 35.4 Å². The molecule has 1 fully saturated rings. The molecule has 0 aromatic heterocycles. The molecule has 94 valence electrons. The maximum atomic E-state index is 5.64. The largest absolute Gasteiger partial charge is 0.374 e. The summed E-state index contributed by atoms with van der Waals surface area (Å²) in [4.78, 5) is 0. The Kier molecular flexibility index (Phi) is 3.85. The fourth-order valence-corrected chi connectivity index (χ4v) is 2.64. The van der Waals surface area contributed by atoms with Gasteiger partial charge in [-0.1, -0.05) is 24.3 Å². The SMILES string of the molecule is COC(C)(C)c1ccccc1C1CCNCC1. The fraction of sp³-hybridized carbons (Fsp3) is 0.600.